The van der Waals surface area contributed by atoms with E-state index in [0.717, 1.165) is 38.2 Å². The first-order valence-electron chi connectivity index (χ1n) is 11.7. The molecule has 1 atom stereocenters. The average Bonchev–Trinajstić information content (AvgIpc) is 2.62. The maximum atomic E-state index is 14.9. The zero-order valence-electron chi connectivity index (χ0n) is 20.3. The molecule has 1 aromatic rings. The third-order valence-corrected chi connectivity index (χ3v) is 4.89. The van der Waals surface area contributed by atoms with Gasteiger partial charge in [-0.3, -0.25) is 0 Å². The lowest BCUT2D eigenvalue weighted by Gasteiger charge is -2.43. The Kier molecular flexibility index (Phi) is 12.1. The highest BCUT2D eigenvalue weighted by molar-refractivity contribution is 5.25. The maximum absolute atomic E-state index is 14.9. The van der Waals surface area contributed by atoms with E-state index in [-0.39, 0.29) is 23.9 Å². The second-order valence-electron chi connectivity index (χ2n) is 9.00. The number of unbranched alkanes of at least 4 members (excludes halogenated alkanes) is 5. The highest BCUT2D eigenvalue weighted by Crippen LogP contribution is 2.42. The molecule has 0 saturated heterocycles. The Hall–Kier alpha value is -1.11. The van der Waals surface area contributed by atoms with Crippen LogP contribution >= 0.6 is 0 Å². The van der Waals surface area contributed by atoms with Crippen molar-refractivity contribution in [1.82, 2.24) is 0 Å². The standard InChI is InChI=1S/C25H41F3O3/c1-8-9-10-11-12-13-14-21(20-15-23(27)24(28)16-22(20)26)25(29-17(2)3,30-18(4)5)31-19(6)7/h15-19,21H,8-14H2,1-7H3. The molecule has 0 radical (unpaired) electrons. The molecule has 0 bridgehead atoms. The fraction of sp³-hybridized carbons (Fsp3) is 0.760. The van der Waals surface area contributed by atoms with Gasteiger partial charge in [0, 0.05) is 11.6 Å². The Bertz CT molecular complexity index is 621. The Morgan fingerprint density at radius 1 is 0.677 bits per heavy atom. The van der Waals surface area contributed by atoms with E-state index in [2.05, 4.69) is 6.92 Å². The van der Waals surface area contributed by atoms with Crippen LogP contribution in [0.2, 0.25) is 0 Å². The van der Waals surface area contributed by atoms with Crippen molar-refractivity contribution in [3.8, 4) is 0 Å². The minimum Gasteiger partial charge on any atom is -0.324 e. The summed E-state index contributed by atoms with van der Waals surface area (Å²) in [6, 6.07) is 1.50. The van der Waals surface area contributed by atoms with Gasteiger partial charge in [0.25, 0.3) is 5.97 Å². The molecule has 1 unspecified atom stereocenters. The van der Waals surface area contributed by atoms with Crippen molar-refractivity contribution in [2.75, 3.05) is 0 Å². The van der Waals surface area contributed by atoms with Crippen LogP contribution < -0.4 is 0 Å². The summed E-state index contributed by atoms with van der Waals surface area (Å²) in [6.07, 6.45) is 5.82. The predicted octanol–water partition coefficient (Wildman–Crippen LogP) is 7.87. The second kappa shape index (κ2) is 13.4. The number of hydrogen-bond acceptors (Lipinski definition) is 3. The molecule has 0 saturated carbocycles. The molecule has 3 nitrogen and oxygen atoms in total. The topological polar surface area (TPSA) is 27.7 Å². The van der Waals surface area contributed by atoms with Gasteiger partial charge in [-0.05, 0) is 54.0 Å². The highest BCUT2D eigenvalue weighted by atomic mass is 19.2. The lowest BCUT2D eigenvalue weighted by Crippen LogP contribution is -2.50. The average molecular weight is 447 g/mol. The van der Waals surface area contributed by atoms with Crippen LogP contribution in [0.3, 0.4) is 0 Å². The lowest BCUT2D eigenvalue weighted by molar-refractivity contribution is -0.420. The number of halogens is 3. The Balaban J connectivity index is 3.40. The summed E-state index contributed by atoms with van der Waals surface area (Å²) in [6.45, 7) is 13.2. The van der Waals surface area contributed by atoms with Crippen LogP contribution in [0.15, 0.2) is 12.1 Å². The first-order chi connectivity index (χ1) is 14.5. The number of benzene rings is 1. The summed E-state index contributed by atoms with van der Waals surface area (Å²) in [5.74, 6) is -5.53. The number of hydrogen-bond donors (Lipinski definition) is 0. The molecule has 6 heteroatoms. The normalized spacial score (nSPS) is 13.6. The predicted molar refractivity (Wildman–Crippen MR) is 118 cm³/mol. The van der Waals surface area contributed by atoms with Gasteiger partial charge in [-0.15, -0.1) is 0 Å². The van der Waals surface area contributed by atoms with Crippen molar-refractivity contribution in [2.24, 2.45) is 0 Å². The van der Waals surface area contributed by atoms with Crippen LogP contribution in [0.25, 0.3) is 0 Å². The molecule has 0 aliphatic carbocycles. The fourth-order valence-electron chi connectivity index (χ4n) is 3.77. The van der Waals surface area contributed by atoms with E-state index in [1.54, 1.807) is 0 Å². The van der Waals surface area contributed by atoms with Crippen molar-refractivity contribution in [3.05, 3.63) is 35.1 Å². The molecule has 180 valence electrons. The van der Waals surface area contributed by atoms with Crippen molar-refractivity contribution in [3.63, 3.8) is 0 Å². The third-order valence-electron chi connectivity index (χ3n) is 4.89. The maximum Gasteiger partial charge on any atom is 0.291 e. The van der Waals surface area contributed by atoms with Gasteiger partial charge in [-0.25, -0.2) is 13.2 Å². The van der Waals surface area contributed by atoms with Crippen LogP contribution in [-0.4, -0.2) is 24.3 Å². The largest absolute Gasteiger partial charge is 0.324 e. The van der Waals surface area contributed by atoms with Crippen LogP contribution in [0.5, 0.6) is 0 Å². The van der Waals surface area contributed by atoms with Gasteiger partial charge in [0.05, 0.1) is 24.2 Å². The van der Waals surface area contributed by atoms with Gasteiger partial charge in [0.15, 0.2) is 11.6 Å². The smallest absolute Gasteiger partial charge is 0.291 e. The van der Waals surface area contributed by atoms with Crippen LogP contribution in [-0.2, 0) is 14.2 Å². The first kappa shape index (κ1) is 27.9. The molecule has 1 aromatic carbocycles. The van der Waals surface area contributed by atoms with E-state index in [0.29, 0.717) is 12.5 Å². The summed E-state index contributed by atoms with van der Waals surface area (Å²) < 4.78 is 61.3. The van der Waals surface area contributed by atoms with Crippen LogP contribution in [0.1, 0.15) is 105 Å². The lowest BCUT2D eigenvalue weighted by atomic mass is 9.89. The second-order valence-corrected chi connectivity index (χ2v) is 9.00. The van der Waals surface area contributed by atoms with Gasteiger partial charge in [0.2, 0.25) is 0 Å². The Morgan fingerprint density at radius 2 is 1.13 bits per heavy atom. The highest BCUT2D eigenvalue weighted by Gasteiger charge is 2.47. The van der Waals surface area contributed by atoms with Crippen LogP contribution in [0.4, 0.5) is 13.2 Å². The first-order valence-corrected chi connectivity index (χ1v) is 11.7. The summed E-state index contributed by atoms with van der Waals surface area (Å²) in [4.78, 5) is 0. The molecule has 31 heavy (non-hydrogen) atoms. The van der Waals surface area contributed by atoms with Crippen molar-refractivity contribution < 1.29 is 27.4 Å². The molecule has 0 aliphatic heterocycles. The molecule has 0 spiro atoms. The van der Waals surface area contributed by atoms with E-state index in [1.807, 2.05) is 41.5 Å². The summed E-state index contributed by atoms with van der Waals surface area (Å²) in [5.41, 5.74) is 0.00871. The molecular weight excluding hydrogens is 405 g/mol. The van der Waals surface area contributed by atoms with Gasteiger partial charge in [-0.1, -0.05) is 45.4 Å². The number of rotatable bonds is 15. The minimum atomic E-state index is -1.62. The van der Waals surface area contributed by atoms with Gasteiger partial charge >= 0.3 is 0 Å². The van der Waals surface area contributed by atoms with E-state index < -0.39 is 29.3 Å². The van der Waals surface area contributed by atoms with E-state index in [9.17, 15) is 13.2 Å². The molecule has 0 aliphatic rings. The molecular formula is C25H41F3O3. The van der Waals surface area contributed by atoms with Crippen molar-refractivity contribution in [1.29, 1.82) is 0 Å². The van der Waals surface area contributed by atoms with Gasteiger partial charge < -0.3 is 14.2 Å². The monoisotopic (exact) mass is 446 g/mol. The molecule has 0 fully saturated rings. The van der Waals surface area contributed by atoms with Gasteiger partial charge in [0.1, 0.15) is 5.82 Å². The summed E-state index contributed by atoms with van der Waals surface area (Å²) >= 11 is 0. The van der Waals surface area contributed by atoms with Gasteiger partial charge in [-0.2, -0.15) is 0 Å². The molecule has 0 amide bonds. The Labute approximate surface area is 186 Å². The van der Waals surface area contributed by atoms with Crippen molar-refractivity contribution >= 4 is 0 Å². The molecule has 0 N–H and O–H groups in total. The minimum absolute atomic E-state index is 0.00871. The Morgan fingerprint density at radius 3 is 1.61 bits per heavy atom. The fourth-order valence-corrected chi connectivity index (χ4v) is 3.77. The number of ether oxygens (including phenoxy) is 3. The SMILES string of the molecule is CCCCCCCCC(c1cc(F)c(F)cc1F)C(OC(C)C)(OC(C)C)OC(C)C. The van der Waals surface area contributed by atoms with E-state index in [4.69, 9.17) is 14.2 Å². The van der Waals surface area contributed by atoms with Crippen molar-refractivity contribution in [2.45, 2.75) is 124 Å². The molecule has 0 heterocycles. The quantitative estimate of drug-likeness (QED) is 0.156. The summed E-state index contributed by atoms with van der Waals surface area (Å²) in [7, 11) is 0. The van der Waals surface area contributed by atoms with Crippen LogP contribution in [0, 0.1) is 17.5 Å². The third kappa shape index (κ3) is 9.11. The van der Waals surface area contributed by atoms with E-state index >= 15 is 0 Å². The molecule has 1 rings (SSSR count). The molecule has 0 aromatic heterocycles. The zero-order valence-corrected chi connectivity index (χ0v) is 20.3. The zero-order chi connectivity index (χ0) is 23.6. The van der Waals surface area contributed by atoms with E-state index in [1.165, 1.54) is 6.42 Å². The summed E-state index contributed by atoms with van der Waals surface area (Å²) in [5, 5.41) is 0.